The standard InChI is InChI=1S/C23H28N2O3S/c1-16(2)29-23(24-21(27)28-22(3,4)5)18-13-9-10-14-19(18)25(20(23)26)15-17-11-7-6-8-12-17/h6-14,16H,15H2,1-5H3,(H,24,27)/t23-/m0/s1. The minimum absolute atomic E-state index is 0.110. The van der Waals surface area contributed by atoms with Gasteiger partial charge >= 0.3 is 6.09 Å². The van der Waals surface area contributed by atoms with Crippen molar-refractivity contribution in [2.24, 2.45) is 0 Å². The maximum atomic E-state index is 13.8. The van der Waals surface area contributed by atoms with Crippen LogP contribution in [0.4, 0.5) is 10.5 Å². The lowest BCUT2D eigenvalue weighted by Crippen LogP contribution is -2.52. The van der Waals surface area contributed by atoms with Crippen molar-refractivity contribution in [1.29, 1.82) is 0 Å². The highest BCUT2D eigenvalue weighted by Crippen LogP contribution is 2.49. The van der Waals surface area contributed by atoms with Crippen molar-refractivity contribution in [2.75, 3.05) is 4.90 Å². The number of carbonyl (C=O) groups excluding carboxylic acids is 2. The quantitative estimate of drug-likeness (QED) is 0.698. The lowest BCUT2D eigenvalue weighted by Gasteiger charge is -2.32. The molecule has 0 spiro atoms. The fourth-order valence-corrected chi connectivity index (χ4v) is 4.77. The summed E-state index contributed by atoms with van der Waals surface area (Å²) in [4.78, 5) is 27.0. The fraction of sp³-hybridized carbons (Fsp3) is 0.391. The zero-order chi connectivity index (χ0) is 21.2. The number of para-hydroxylation sites is 1. The van der Waals surface area contributed by atoms with Crippen molar-refractivity contribution in [2.45, 2.75) is 56.9 Å². The molecular formula is C23H28N2O3S. The van der Waals surface area contributed by atoms with Gasteiger partial charge in [-0.1, -0.05) is 62.4 Å². The van der Waals surface area contributed by atoms with Crippen LogP contribution in [0.2, 0.25) is 0 Å². The molecule has 5 nitrogen and oxygen atoms in total. The first-order valence-electron chi connectivity index (χ1n) is 9.77. The third-order valence-corrected chi connectivity index (χ3v) is 5.71. The van der Waals surface area contributed by atoms with Gasteiger partial charge in [-0.05, 0) is 32.4 Å². The molecule has 0 saturated carbocycles. The number of anilines is 1. The van der Waals surface area contributed by atoms with Crippen LogP contribution in [0.3, 0.4) is 0 Å². The molecule has 2 aromatic carbocycles. The van der Waals surface area contributed by atoms with Crippen LogP contribution in [0.15, 0.2) is 54.6 Å². The lowest BCUT2D eigenvalue weighted by atomic mass is 10.1. The summed E-state index contributed by atoms with van der Waals surface area (Å²) in [6, 6.07) is 17.5. The number of hydrogen-bond donors (Lipinski definition) is 1. The first-order chi connectivity index (χ1) is 13.6. The first-order valence-corrected chi connectivity index (χ1v) is 10.6. The summed E-state index contributed by atoms with van der Waals surface area (Å²) in [6.07, 6.45) is -0.602. The highest BCUT2D eigenvalue weighted by molar-refractivity contribution is 8.01. The Kier molecular flexibility index (Phi) is 5.94. The van der Waals surface area contributed by atoms with Crippen LogP contribution in [-0.2, 0) is 20.9 Å². The van der Waals surface area contributed by atoms with E-state index in [1.807, 2.05) is 68.4 Å². The average Bonchev–Trinajstić information content (AvgIpc) is 2.83. The highest BCUT2D eigenvalue weighted by Gasteiger charge is 2.53. The summed E-state index contributed by atoms with van der Waals surface area (Å²) in [5, 5.41) is 3.02. The second kappa shape index (κ2) is 8.11. The molecule has 0 bridgehead atoms. The van der Waals surface area contributed by atoms with E-state index in [-0.39, 0.29) is 11.2 Å². The number of alkyl carbamates (subject to hydrolysis) is 1. The molecule has 1 heterocycles. The normalized spacial score (nSPS) is 18.7. The summed E-state index contributed by atoms with van der Waals surface area (Å²) in [5.41, 5.74) is 1.97. The third kappa shape index (κ3) is 4.58. The van der Waals surface area contributed by atoms with Gasteiger partial charge in [-0.3, -0.25) is 10.1 Å². The summed E-state index contributed by atoms with van der Waals surface area (Å²) in [7, 11) is 0. The fourth-order valence-electron chi connectivity index (χ4n) is 3.41. The van der Waals surface area contributed by atoms with E-state index in [1.165, 1.54) is 11.8 Å². The largest absolute Gasteiger partial charge is 0.444 e. The van der Waals surface area contributed by atoms with Crippen LogP contribution in [0.5, 0.6) is 0 Å². The number of carbonyl (C=O) groups is 2. The van der Waals surface area contributed by atoms with E-state index in [9.17, 15) is 9.59 Å². The van der Waals surface area contributed by atoms with Gasteiger partial charge in [0.05, 0.1) is 12.2 Å². The molecule has 0 fully saturated rings. The molecule has 0 unspecified atom stereocenters. The third-order valence-electron chi connectivity index (χ3n) is 4.39. The van der Waals surface area contributed by atoms with E-state index >= 15 is 0 Å². The zero-order valence-electron chi connectivity index (χ0n) is 17.6. The molecule has 1 atom stereocenters. The van der Waals surface area contributed by atoms with Gasteiger partial charge in [-0.2, -0.15) is 0 Å². The SMILES string of the molecule is CC(C)S[C@]1(NC(=O)OC(C)(C)C)C(=O)N(Cc2ccccc2)c2ccccc21. The topological polar surface area (TPSA) is 58.6 Å². The molecule has 1 aliphatic heterocycles. The molecule has 2 amide bonds. The van der Waals surface area contributed by atoms with Gasteiger partial charge in [0.15, 0.2) is 4.87 Å². The number of ether oxygens (including phenoxy) is 1. The number of hydrogen-bond acceptors (Lipinski definition) is 4. The van der Waals surface area contributed by atoms with Crippen molar-refractivity contribution in [3.05, 3.63) is 65.7 Å². The van der Waals surface area contributed by atoms with Crippen molar-refractivity contribution in [3.8, 4) is 0 Å². The molecule has 1 N–H and O–H groups in total. The Bertz CT molecular complexity index is 892. The minimum Gasteiger partial charge on any atom is -0.444 e. The molecule has 0 aromatic heterocycles. The summed E-state index contributed by atoms with van der Waals surface area (Å²) in [5.74, 6) is -0.160. The maximum absolute atomic E-state index is 13.8. The van der Waals surface area contributed by atoms with Gasteiger partial charge in [0.25, 0.3) is 5.91 Å². The number of benzene rings is 2. The van der Waals surface area contributed by atoms with Crippen molar-refractivity contribution in [3.63, 3.8) is 0 Å². The predicted molar refractivity (Wildman–Crippen MR) is 118 cm³/mol. The Labute approximate surface area is 176 Å². The summed E-state index contributed by atoms with van der Waals surface area (Å²) >= 11 is 1.43. The molecule has 0 saturated heterocycles. The van der Waals surface area contributed by atoms with Gasteiger partial charge in [-0.25, -0.2) is 4.79 Å². The van der Waals surface area contributed by atoms with Crippen LogP contribution >= 0.6 is 11.8 Å². The number of rotatable bonds is 5. The van der Waals surface area contributed by atoms with Gasteiger partial charge < -0.3 is 9.64 Å². The monoisotopic (exact) mass is 412 g/mol. The van der Waals surface area contributed by atoms with E-state index in [1.54, 1.807) is 25.7 Å². The number of fused-ring (bicyclic) bond motifs is 1. The molecule has 3 rings (SSSR count). The van der Waals surface area contributed by atoms with Crippen LogP contribution < -0.4 is 10.2 Å². The van der Waals surface area contributed by atoms with Gasteiger partial charge in [-0.15, -0.1) is 11.8 Å². The number of amides is 2. The Morgan fingerprint density at radius 1 is 1.10 bits per heavy atom. The Morgan fingerprint density at radius 3 is 2.34 bits per heavy atom. The van der Waals surface area contributed by atoms with E-state index in [4.69, 9.17) is 4.74 Å². The second-order valence-electron chi connectivity index (χ2n) is 8.37. The molecule has 1 aliphatic rings. The lowest BCUT2D eigenvalue weighted by molar-refractivity contribution is -0.121. The van der Waals surface area contributed by atoms with Gasteiger partial charge in [0.2, 0.25) is 0 Å². The first kappa shape index (κ1) is 21.2. The van der Waals surface area contributed by atoms with Crippen molar-refractivity contribution >= 4 is 29.4 Å². The molecule has 29 heavy (non-hydrogen) atoms. The van der Waals surface area contributed by atoms with Crippen LogP contribution in [0.1, 0.15) is 45.7 Å². The summed E-state index contributed by atoms with van der Waals surface area (Å²) < 4.78 is 5.49. The maximum Gasteiger partial charge on any atom is 0.409 e. The van der Waals surface area contributed by atoms with E-state index in [0.717, 1.165) is 16.8 Å². The molecule has 6 heteroatoms. The predicted octanol–water partition coefficient (Wildman–Crippen LogP) is 5.05. The summed E-state index contributed by atoms with van der Waals surface area (Å²) in [6.45, 7) is 9.88. The van der Waals surface area contributed by atoms with Crippen LogP contribution in [0.25, 0.3) is 0 Å². The molecule has 0 radical (unpaired) electrons. The Balaban J connectivity index is 2.03. The van der Waals surface area contributed by atoms with Crippen molar-refractivity contribution in [1.82, 2.24) is 5.32 Å². The van der Waals surface area contributed by atoms with Crippen LogP contribution in [-0.4, -0.2) is 22.9 Å². The minimum atomic E-state index is -1.22. The van der Waals surface area contributed by atoms with E-state index in [2.05, 4.69) is 5.32 Å². The van der Waals surface area contributed by atoms with Gasteiger partial charge in [0.1, 0.15) is 5.60 Å². The molecular weight excluding hydrogens is 384 g/mol. The zero-order valence-corrected chi connectivity index (χ0v) is 18.4. The Morgan fingerprint density at radius 2 is 1.72 bits per heavy atom. The smallest absolute Gasteiger partial charge is 0.409 e. The second-order valence-corrected chi connectivity index (χ2v) is 10.2. The average molecular weight is 413 g/mol. The van der Waals surface area contributed by atoms with Crippen LogP contribution in [0, 0.1) is 0 Å². The van der Waals surface area contributed by atoms with Gasteiger partial charge in [0, 0.05) is 10.8 Å². The van der Waals surface area contributed by atoms with E-state index < -0.39 is 16.6 Å². The number of thioether (sulfide) groups is 1. The Hall–Kier alpha value is -2.47. The molecule has 154 valence electrons. The van der Waals surface area contributed by atoms with Crippen molar-refractivity contribution < 1.29 is 14.3 Å². The highest BCUT2D eigenvalue weighted by atomic mass is 32.2. The number of nitrogens with zero attached hydrogens (tertiary/aromatic N) is 1. The van der Waals surface area contributed by atoms with E-state index in [0.29, 0.717) is 6.54 Å². The molecule has 2 aromatic rings. The molecule has 0 aliphatic carbocycles. The number of nitrogens with one attached hydrogen (secondary N) is 1.